The van der Waals surface area contributed by atoms with Crippen molar-refractivity contribution in [2.24, 2.45) is 5.92 Å². The summed E-state index contributed by atoms with van der Waals surface area (Å²) in [4.78, 5) is 14.9. The highest BCUT2D eigenvalue weighted by atomic mass is 16.5. The molecule has 4 rings (SSSR count). The van der Waals surface area contributed by atoms with Crippen molar-refractivity contribution in [1.29, 1.82) is 0 Å². The molecule has 2 N–H and O–H groups in total. The molecule has 1 aliphatic carbocycles. The lowest BCUT2D eigenvalue weighted by Gasteiger charge is -2.26. The molecule has 0 bridgehead atoms. The van der Waals surface area contributed by atoms with Crippen molar-refractivity contribution in [3.8, 4) is 0 Å². The monoisotopic (exact) mass is 369 g/mol. The maximum absolute atomic E-state index is 5.20. The summed E-state index contributed by atoms with van der Waals surface area (Å²) < 4.78 is 7.07. The van der Waals surface area contributed by atoms with E-state index in [1.54, 1.807) is 13.3 Å². The molecule has 8 nitrogen and oxygen atoms in total. The third kappa shape index (κ3) is 3.62. The molecule has 0 amide bonds. The highest BCUT2D eigenvalue weighted by Crippen LogP contribution is 2.37. The normalized spacial score (nSPS) is 16.4. The molecule has 0 aliphatic heterocycles. The Balaban J connectivity index is 1.60. The van der Waals surface area contributed by atoms with Gasteiger partial charge < -0.3 is 19.9 Å². The van der Waals surface area contributed by atoms with E-state index in [0.29, 0.717) is 18.6 Å². The average Bonchev–Trinajstić information content (AvgIpc) is 3.22. The molecule has 0 saturated heterocycles. The SMILES string of the molecule is COCC(C)n1cc(Nc2nc(N(C)[C@H](C)C3CC3)c3cc[nH]c3n2)cn1. The van der Waals surface area contributed by atoms with Gasteiger partial charge in [-0.05, 0) is 38.7 Å². The second kappa shape index (κ2) is 7.19. The third-order valence-corrected chi connectivity index (χ3v) is 5.36. The highest BCUT2D eigenvalue weighted by Gasteiger charge is 2.32. The Morgan fingerprint density at radius 1 is 1.37 bits per heavy atom. The number of hydrogen-bond donors (Lipinski definition) is 2. The first-order chi connectivity index (χ1) is 13.1. The maximum atomic E-state index is 5.20. The van der Waals surface area contributed by atoms with Crippen LogP contribution in [0.15, 0.2) is 24.7 Å². The van der Waals surface area contributed by atoms with Gasteiger partial charge in [0, 0.05) is 32.6 Å². The number of hydrogen-bond acceptors (Lipinski definition) is 6. The van der Waals surface area contributed by atoms with E-state index < -0.39 is 0 Å². The summed E-state index contributed by atoms with van der Waals surface area (Å²) >= 11 is 0. The lowest BCUT2D eigenvalue weighted by Crippen LogP contribution is -2.31. The van der Waals surface area contributed by atoms with E-state index >= 15 is 0 Å². The van der Waals surface area contributed by atoms with Gasteiger partial charge >= 0.3 is 0 Å². The van der Waals surface area contributed by atoms with Crippen LogP contribution in [0.4, 0.5) is 17.5 Å². The van der Waals surface area contributed by atoms with Crippen LogP contribution in [0.25, 0.3) is 11.0 Å². The fourth-order valence-corrected chi connectivity index (χ4v) is 3.43. The van der Waals surface area contributed by atoms with Crippen LogP contribution in [0.5, 0.6) is 0 Å². The zero-order chi connectivity index (χ0) is 19.0. The summed E-state index contributed by atoms with van der Waals surface area (Å²) in [6.45, 7) is 4.95. The molecule has 0 radical (unpaired) electrons. The number of aromatic nitrogens is 5. The Kier molecular flexibility index (Phi) is 4.73. The smallest absolute Gasteiger partial charge is 0.231 e. The van der Waals surface area contributed by atoms with Crippen molar-refractivity contribution in [3.05, 3.63) is 24.7 Å². The van der Waals surface area contributed by atoms with Crippen molar-refractivity contribution in [3.63, 3.8) is 0 Å². The first-order valence-corrected chi connectivity index (χ1v) is 9.45. The van der Waals surface area contributed by atoms with Crippen LogP contribution >= 0.6 is 0 Å². The van der Waals surface area contributed by atoms with Gasteiger partial charge in [0.1, 0.15) is 11.5 Å². The lowest BCUT2D eigenvalue weighted by molar-refractivity contribution is 0.157. The van der Waals surface area contributed by atoms with Crippen LogP contribution in [0.2, 0.25) is 0 Å². The zero-order valence-electron chi connectivity index (χ0n) is 16.3. The number of nitrogens with zero attached hydrogens (tertiary/aromatic N) is 5. The van der Waals surface area contributed by atoms with Crippen molar-refractivity contribution in [1.82, 2.24) is 24.7 Å². The van der Waals surface area contributed by atoms with Gasteiger partial charge in [0.15, 0.2) is 0 Å². The minimum absolute atomic E-state index is 0.165. The quantitative estimate of drug-likeness (QED) is 0.634. The Bertz CT molecular complexity index is 914. The van der Waals surface area contributed by atoms with Crippen LogP contribution in [-0.2, 0) is 4.74 Å². The molecule has 3 aromatic heterocycles. The largest absolute Gasteiger partial charge is 0.382 e. The summed E-state index contributed by atoms with van der Waals surface area (Å²) in [6, 6.07) is 2.66. The van der Waals surface area contributed by atoms with Gasteiger partial charge in [0.2, 0.25) is 5.95 Å². The van der Waals surface area contributed by atoms with E-state index in [0.717, 1.165) is 28.5 Å². The molecular weight excluding hydrogens is 342 g/mol. The molecule has 8 heteroatoms. The molecule has 3 heterocycles. The molecule has 0 spiro atoms. The van der Waals surface area contributed by atoms with Gasteiger partial charge in [0.05, 0.1) is 29.9 Å². The van der Waals surface area contributed by atoms with Gasteiger partial charge in [-0.25, -0.2) is 0 Å². The van der Waals surface area contributed by atoms with E-state index in [4.69, 9.17) is 9.72 Å². The number of aromatic amines is 1. The summed E-state index contributed by atoms with van der Waals surface area (Å²) in [7, 11) is 3.81. The van der Waals surface area contributed by atoms with Gasteiger partial charge in [0.25, 0.3) is 0 Å². The number of H-pyrrole nitrogens is 1. The standard InChI is InChI=1S/C19H27N7O/c1-12(11-27-4)26-10-15(9-21-26)22-19-23-17-16(7-8-20-17)18(24-19)25(3)13(2)14-5-6-14/h7-10,12-14H,5-6,11H2,1-4H3,(H2,20,22,23,24)/t12?,13-/m1/s1. The molecule has 144 valence electrons. The van der Waals surface area contributed by atoms with Crippen molar-refractivity contribution in [2.75, 3.05) is 31.0 Å². The average molecular weight is 369 g/mol. The van der Waals surface area contributed by atoms with E-state index in [2.05, 4.69) is 46.2 Å². The molecular formula is C19H27N7O. The number of anilines is 3. The number of rotatable bonds is 8. The van der Waals surface area contributed by atoms with Crippen molar-refractivity contribution in [2.45, 2.75) is 38.8 Å². The Labute approximate surface area is 158 Å². The van der Waals surface area contributed by atoms with Crippen LogP contribution in [-0.4, -0.2) is 51.5 Å². The van der Waals surface area contributed by atoms with E-state index in [1.807, 2.05) is 23.1 Å². The molecule has 1 unspecified atom stereocenters. The number of nitrogens with one attached hydrogen (secondary N) is 2. The predicted octanol–water partition coefficient (Wildman–Crippen LogP) is 3.34. The maximum Gasteiger partial charge on any atom is 0.231 e. The van der Waals surface area contributed by atoms with Crippen molar-refractivity contribution >= 4 is 28.5 Å². The molecule has 1 aliphatic rings. The molecule has 3 aromatic rings. The minimum atomic E-state index is 0.165. The van der Waals surface area contributed by atoms with Gasteiger partial charge in [-0.2, -0.15) is 15.1 Å². The number of fused-ring (bicyclic) bond motifs is 1. The molecule has 27 heavy (non-hydrogen) atoms. The van der Waals surface area contributed by atoms with E-state index in [-0.39, 0.29) is 6.04 Å². The van der Waals surface area contributed by atoms with E-state index in [9.17, 15) is 0 Å². The molecule has 1 fully saturated rings. The topological polar surface area (TPSA) is 83.9 Å². The summed E-state index contributed by atoms with van der Waals surface area (Å²) in [5.41, 5.74) is 1.69. The highest BCUT2D eigenvalue weighted by molar-refractivity contribution is 5.89. The third-order valence-electron chi connectivity index (χ3n) is 5.36. The second-order valence-electron chi connectivity index (χ2n) is 7.44. The van der Waals surface area contributed by atoms with Gasteiger partial charge in [-0.15, -0.1) is 0 Å². The van der Waals surface area contributed by atoms with Crippen LogP contribution in [0, 0.1) is 5.92 Å². The Morgan fingerprint density at radius 2 is 2.19 bits per heavy atom. The lowest BCUT2D eigenvalue weighted by atomic mass is 10.2. The summed E-state index contributed by atoms with van der Waals surface area (Å²) in [5.74, 6) is 2.27. The fourth-order valence-electron chi connectivity index (χ4n) is 3.43. The zero-order valence-corrected chi connectivity index (χ0v) is 16.3. The van der Waals surface area contributed by atoms with E-state index in [1.165, 1.54) is 12.8 Å². The van der Waals surface area contributed by atoms with Crippen molar-refractivity contribution < 1.29 is 4.74 Å². The first kappa shape index (κ1) is 17.8. The van der Waals surface area contributed by atoms with Gasteiger partial charge in [-0.3, -0.25) is 4.68 Å². The molecule has 1 saturated carbocycles. The first-order valence-electron chi connectivity index (χ1n) is 9.45. The Hall–Kier alpha value is -2.61. The molecule has 2 atom stereocenters. The van der Waals surface area contributed by atoms with Gasteiger partial charge in [-0.1, -0.05) is 0 Å². The van der Waals surface area contributed by atoms with Crippen LogP contribution < -0.4 is 10.2 Å². The van der Waals surface area contributed by atoms with Crippen LogP contribution in [0.3, 0.4) is 0 Å². The molecule has 0 aromatic carbocycles. The van der Waals surface area contributed by atoms with Crippen LogP contribution in [0.1, 0.15) is 32.7 Å². The second-order valence-corrected chi connectivity index (χ2v) is 7.44. The Morgan fingerprint density at radius 3 is 2.93 bits per heavy atom. The summed E-state index contributed by atoms with van der Waals surface area (Å²) in [5, 5.41) is 8.73. The fraction of sp³-hybridized carbons (Fsp3) is 0.526. The summed E-state index contributed by atoms with van der Waals surface area (Å²) in [6.07, 6.45) is 8.24. The number of ether oxygens (including phenoxy) is 1. The predicted molar refractivity (Wildman–Crippen MR) is 107 cm³/mol. The number of methoxy groups -OCH3 is 1. The minimum Gasteiger partial charge on any atom is -0.382 e.